The molecule has 0 saturated carbocycles. The zero-order valence-electron chi connectivity index (χ0n) is 19.2. The molecule has 6 nitrogen and oxygen atoms in total. The summed E-state index contributed by atoms with van der Waals surface area (Å²) in [7, 11) is 0. The monoisotopic (exact) mass is 446 g/mol. The summed E-state index contributed by atoms with van der Waals surface area (Å²) in [4.78, 5) is 27.9. The predicted molar refractivity (Wildman–Crippen MR) is 135 cm³/mol. The molecule has 33 heavy (non-hydrogen) atoms. The zero-order chi connectivity index (χ0) is 23.6. The van der Waals surface area contributed by atoms with Crippen molar-refractivity contribution in [3.05, 3.63) is 78.4 Å². The normalized spacial score (nSPS) is 12.8. The molecule has 3 aromatic rings. The molecule has 0 aliphatic heterocycles. The Hall–Kier alpha value is -3.22. The quantitative estimate of drug-likeness (QED) is 0.418. The molecule has 3 aromatic carbocycles. The largest absolute Gasteiger partial charge is 0.330 e. The van der Waals surface area contributed by atoms with E-state index in [0.717, 1.165) is 23.6 Å². The SMILES string of the molecule is C[C@@H](C(=O)Nc1ccc2ccccc2c1)N(CCCc1ccccc1)C(=O)[C@H](N)CCCN. The van der Waals surface area contributed by atoms with Gasteiger partial charge in [-0.1, -0.05) is 60.7 Å². The van der Waals surface area contributed by atoms with Crippen LogP contribution in [0, 0.1) is 0 Å². The average Bonchev–Trinajstić information content (AvgIpc) is 2.85. The molecule has 174 valence electrons. The van der Waals surface area contributed by atoms with Gasteiger partial charge in [0.2, 0.25) is 11.8 Å². The molecule has 6 heteroatoms. The highest BCUT2D eigenvalue weighted by atomic mass is 16.2. The fourth-order valence-corrected chi connectivity index (χ4v) is 3.92. The number of hydrogen-bond donors (Lipinski definition) is 3. The number of carbonyl (C=O) groups is 2. The number of amides is 2. The van der Waals surface area contributed by atoms with Crippen molar-refractivity contribution < 1.29 is 9.59 Å². The van der Waals surface area contributed by atoms with Crippen molar-refractivity contribution >= 4 is 28.3 Å². The molecule has 2 amide bonds. The third-order valence-corrected chi connectivity index (χ3v) is 5.89. The van der Waals surface area contributed by atoms with Gasteiger partial charge >= 0.3 is 0 Å². The van der Waals surface area contributed by atoms with Crippen LogP contribution < -0.4 is 16.8 Å². The number of anilines is 1. The summed E-state index contributed by atoms with van der Waals surface area (Å²) in [5.41, 5.74) is 13.7. The summed E-state index contributed by atoms with van der Waals surface area (Å²) < 4.78 is 0. The van der Waals surface area contributed by atoms with Gasteiger partial charge in [0.1, 0.15) is 6.04 Å². The second-order valence-electron chi connectivity index (χ2n) is 8.39. The van der Waals surface area contributed by atoms with Gasteiger partial charge in [0, 0.05) is 12.2 Å². The zero-order valence-corrected chi connectivity index (χ0v) is 19.2. The lowest BCUT2D eigenvalue weighted by Gasteiger charge is -2.31. The van der Waals surface area contributed by atoms with Crippen molar-refractivity contribution in [1.82, 2.24) is 4.90 Å². The highest BCUT2D eigenvalue weighted by Crippen LogP contribution is 2.19. The third kappa shape index (κ3) is 6.88. The minimum Gasteiger partial charge on any atom is -0.330 e. The van der Waals surface area contributed by atoms with Gasteiger partial charge < -0.3 is 21.7 Å². The van der Waals surface area contributed by atoms with Gasteiger partial charge in [-0.05, 0) is 67.6 Å². The Balaban J connectivity index is 1.70. The van der Waals surface area contributed by atoms with Crippen LogP contribution in [0.5, 0.6) is 0 Å². The average molecular weight is 447 g/mol. The number of benzene rings is 3. The minimum absolute atomic E-state index is 0.210. The van der Waals surface area contributed by atoms with E-state index >= 15 is 0 Å². The lowest BCUT2D eigenvalue weighted by atomic mass is 10.1. The van der Waals surface area contributed by atoms with Gasteiger partial charge in [-0.3, -0.25) is 9.59 Å². The maximum atomic E-state index is 13.1. The Kier molecular flexibility index (Phi) is 8.98. The molecular formula is C27H34N4O2. The highest BCUT2D eigenvalue weighted by molar-refractivity contribution is 5.99. The van der Waals surface area contributed by atoms with Gasteiger partial charge in [-0.15, -0.1) is 0 Å². The number of nitrogens with one attached hydrogen (secondary N) is 1. The van der Waals surface area contributed by atoms with E-state index in [1.54, 1.807) is 11.8 Å². The van der Waals surface area contributed by atoms with Crippen molar-refractivity contribution in [2.45, 2.75) is 44.7 Å². The number of hydrogen-bond acceptors (Lipinski definition) is 4. The molecule has 3 rings (SSSR count). The Morgan fingerprint density at radius 1 is 0.939 bits per heavy atom. The summed E-state index contributed by atoms with van der Waals surface area (Å²) >= 11 is 0. The van der Waals surface area contributed by atoms with E-state index in [4.69, 9.17) is 11.5 Å². The Morgan fingerprint density at radius 2 is 1.64 bits per heavy atom. The van der Waals surface area contributed by atoms with Crippen molar-refractivity contribution in [2.75, 3.05) is 18.4 Å². The molecule has 0 fully saturated rings. The van der Waals surface area contributed by atoms with Crippen LogP contribution in [-0.4, -0.2) is 41.9 Å². The molecule has 0 saturated heterocycles. The number of carbonyl (C=O) groups excluding carboxylic acids is 2. The Labute approximate surface area is 195 Å². The van der Waals surface area contributed by atoms with Gasteiger partial charge in [0.05, 0.1) is 6.04 Å². The van der Waals surface area contributed by atoms with Gasteiger partial charge in [0.15, 0.2) is 0 Å². The molecule has 0 radical (unpaired) electrons. The van der Waals surface area contributed by atoms with E-state index in [1.165, 1.54) is 5.56 Å². The van der Waals surface area contributed by atoms with Crippen LogP contribution in [0.3, 0.4) is 0 Å². The van der Waals surface area contributed by atoms with Crippen LogP contribution in [0.2, 0.25) is 0 Å². The number of nitrogens with two attached hydrogens (primary N) is 2. The maximum Gasteiger partial charge on any atom is 0.246 e. The van der Waals surface area contributed by atoms with Crippen molar-refractivity contribution in [1.29, 1.82) is 0 Å². The van der Waals surface area contributed by atoms with Crippen LogP contribution in [0.25, 0.3) is 10.8 Å². The first-order chi connectivity index (χ1) is 16.0. The molecule has 0 aromatic heterocycles. The van der Waals surface area contributed by atoms with E-state index in [1.807, 2.05) is 60.7 Å². The lowest BCUT2D eigenvalue weighted by Crippen LogP contribution is -2.52. The molecule has 5 N–H and O–H groups in total. The van der Waals surface area contributed by atoms with Crippen molar-refractivity contribution in [3.8, 4) is 0 Å². The van der Waals surface area contributed by atoms with Crippen LogP contribution in [0.15, 0.2) is 72.8 Å². The molecule has 0 unspecified atom stereocenters. The number of aryl methyl sites for hydroxylation is 1. The van der Waals surface area contributed by atoms with Crippen LogP contribution in [0.1, 0.15) is 31.7 Å². The van der Waals surface area contributed by atoms with E-state index < -0.39 is 12.1 Å². The fraction of sp³-hybridized carbons (Fsp3) is 0.333. The lowest BCUT2D eigenvalue weighted by molar-refractivity contribution is -0.139. The van der Waals surface area contributed by atoms with E-state index in [2.05, 4.69) is 17.4 Å². The van der Waals surface area contributed by atoms with Crippen molar-refractivity contribution in [3.63, 3.8) is 0 Å². The van der Waals surface area contributed by atoms with Crippen LogP contribution >= 0.6 is 0 Å². The molecule has 2 atom stereocenters. The summed E-state index contributed by atoms with van der Waals surface area (Å²) in [5.74, 6) is -0.443. The molecule has 0 aliphatic rings. The van der Waals surface area contributed by atoms with E-state index in [9.17, 15) is 9.59 Å². The Morgan fingerprint density at radius 3 is 2.36 bits per heavy atom. The molecule has 0 spiro atoms. The first-order valence-electron chi connectivity index (χ1n) is 11.6. The molecular weight excluding hydrogens is 412 g/mol. The minimum atomic E-state index is -0.666. The smallest absolute Gasteiger partial charge is 0.246 e. The first kappa shape index (κ1) is 24.4. The van der Waals surface area contributed by atoms with Crippen LogP contribution in [0.4, 0.5) is 5.69 Å². The summed E-state index contributed by atoms with van der Waals surface area (Å²) in [6, 6.07) is 22.6. The summed E-state index contributed by atoms with van der Waals surface area (Å²) in [6.45, 7) is 2.69. The summed E-state index contributed by atoms with van der Waals surface area (Å²) in [6.07, 6.45) is 2.74. The van der Waals surface area contributed by atoms with Gasteiger partial charge in [-0.2, -0.15) is 0 Å². The van der Waals surface area contributed by atoms with E-state index in [-0.39, 0.29) is 11.8 Å². The number of nitrogens with zero attached hydrogens (tertiary/aromatic N) is 1. The Bertz CT molecular complexity index is 1050. The molecule has 0 bridgehead atoms. The predicted octanol–water partition coefficient (Wildman–Crippen LogP) is 3.69. The molecule has 0 aliphatic carbocycles. The third-order valence-electron chi connectivity index (χ3n) is 5.89. The van der Waals surface area contributed by atoms with Crippen molar-refractivity contribution in [2.24, 2.45) is 11.5 Å². The molecule has 0 heterocycles. The second kappa shape index (κ2) is 12.1. The number of fused-ring (bicyclic) bond motifs is 1. The highest BCUT2D eigenvalue weighted by Gasteiger charge is 2.29. The topological polar surface area (TPSA) is 101 Å². The second-order valence-corrected chi connectivity index (χ2v) is 8.39. The van der Waals surface area contributed by atoms with Gasteiger partial charge in [-0.25, -0.2) is 0 Å². The standard InChI is InChI=1S/C27H34N4O2/c1-20(26(32)30-24-16-15-22-12-5-6-13-23(22)19-24)31(27(33)25(29)14-7-17-28)18-8-11-21-9-3-2-4-10-21/h2-6,9-10,12-13,15-16,19-20,25H,7-8,11,14,17-18,28-29H2,1H3,(H,30,32)/t20-,25+/m0/s1. The fourth-order valence-electron chi connectivity index (χ4n) is 3.92. The van der Waals surface area contributed by atoms with E-state index in [0.29, 0.717) is 31.6 Å². The van der Waals surface area contributed by atoms with Crippen LogP contribution in [-0.2, 0) is 16.0 Å². The summed E-state index contributed by atoms with van der Waals surface area (Å²) in [5, 5.41) is 5.11. The van der Waals surface area contributed by atoms with Gasteiger partial charge in [0.25, 0.3) is 0 Å². The first-order valence-corrected chi connectivity index (χ1v) is 11.6. The number of rotatable bonds is 11. The maximum absolute atomic E-state index is 13.1.